The number of nitrogens with one attached hydrogen (secondary N) is 2. The molecule has 0 radical (unpaired) electrons. The number of benzene rings is 1. The molecule has 3 aromatic rings. The van der Waals surface area contributed by atoms with Gasteiger partial charge in [0.15, 0.2) is 10.8 Å². The van der Waals surface area contributed by atoms with Crippen molar-refractivity contribution in [3.63, 3.8) is 0 Å². The molecule has 0 aliphatic heterocycles. The highest BCUT2D eigenvalue weighted by molar-refractivity contribution is 7.16. The van der Waals surface area contributed by atoms with Crippen molar-refractivity contribution in [3.05, 3.63) is 46.9 Å². The van der Waals surface area contributed by atoms with Crippen LogP contribution in [0.15, 0.2) is 30.5 Å². The molecule has 0 unspecified atom stereocenters. The monoisotopic (exact) mass is 372 g/mol. The van der Waals surface area contributed by atoms with Crippen LogP contribution in [0.5, 0.6) is 5.88 Å². The highest BCUT2D eigenvalue weighted by Crippen LogP contribution is 2.34. The summed E-state index contributed by atoms with van der Waals surface area (Å²) in [5, 5.41) is 19.4. The number of aryl methyl sites for hydroxylation is 2. The van der Waals surface area contributed by atoms with Gasteiger partial charge in [0.05, 0.1) is 16.6 Å². The lowest BCUT2D eigenvalue weighted by Crippen LogP contribution is -2.17. The summed E-state index contributed by atoms with van der Waals surface area (Å²) in [6.45, 7) is 1.74. The van der Waals surface area contributed by atoms with Gasteiger partial charge in [-0.25, -0.2) is 14.2 Å². The lowest BCUT2D eigenvalue weighted by atomic mass is 10.2. The van der Waals surface area contributed by atoms with Gasteiger partial charge < -0.3 is 10.1 Å². The van der Waals surface area contributed by atoms with Crippen molar-refractivity contribution in [1.29, 1.82) is 5.26 Å². The summed E-state index contributed by atoms with van der Waals surface area (Å²) in [4.78, 5) is 16.2. The molecule has 3 rings (SSSR count). The summed E-state index contributed by atoms with van der Waals surface area (Å²) >= 11 is 1.23. The van der Waals surface area contributed by atoms with Crippen LogP contribution in [0.3, 0.4) is 0 Å². The fourth-order valence-corrected chi connectivity index (χ4v) is 2.88. The molecule has 0 aliphatic carbocycles. The van der Waals surface area contributed by atoms with Gasteiger partial charge in [-0.2, -0.15) is 10.4 Å². The molecule has 132 valence electrons. The van der Waals surface area contributed by atoms with Gasteiger partial charge in [-0.15, -0.1) is 0 Å². The lowest BCUT2D eigenvalue weighted by molar-refractivity contribution is 0.213. The van der Waals surface area contributed by atoms with Crippen molar-refractivity contribution in [3.8, 4) is 11.9 Å². The molecule has 1 amide bonds. The van der Waals surface area contributed by atoms with E-state index < -0.39 is 11.9 Å². The topological polar surface area (TPSA) is 105 Å². The van der Waals surface area contributed by atoms with Crippen LogP contribution in [0.25, 0.3) is 0 Å². The molecular weight excluding hydrogens is 359 g/mol. The first-order valence-corrected chi connectivity index (χ1v) is 8.18. The first-order valence-electron chi connectivity index (χ1n) is 7.36. The van der Waals surface area contributed by atoms with Gasteiger partial charge in [0.25, 0.3) is 5.88 Å². The van der Waals surface area contributed by atoms with Gasteiger partial charge in [0.1, 0.15) is 5.82 Å². The zero-order valence-electron chi connectivity index (χ0n) is 13.8. The minimum atomic E-state index is -0.756. The Bertz CT molecular complexity index is 1010. The Hall–Kier alpha value is -3.45. The zero-order valence-corrected chi connectivity index (χ0v) is 14.6. The number of rotatable bonds is 4. The van der Waals surface area contributed by atoms with E-state index in [0.29, 0.717) is 21.5 Å². The van der Waals surface area contributed by atoms with Gasteiger partial charge in [0.2, 0.25) is 0 Å². The van der Waals surface area contributed by atoms with Gasteiger partial charge in [0, 0.05) is 25.0 Å². The molecule has 0 fully saturated rings. The number of amides is 1. The Morgan fingerprint density at radius 1 is 1.42 bits per heavy atom. The molecule has 2 N–H and O–H groups in total. The van der Waals surface area contributed by atoms with Crippen molar-refractivity contribution in [2.24, 2.45) is 7.05 Å². The molecule has 1 aromatic carbocycles. The molecule has 0 spiro atoms. The first kappa shape index (κ1) is 17.4. The summed E-state index contributed by atoms with van der Waals surface area (Å²) in [5.74, 6) is -0.172. The van der Waals surface area contributed by atoms with E-state index in [9.17, 15) is 9.18 Å². The Kier molecular flexibility index (Phi) is 4.81. The number of nitrogens with zero attached hydrogens (tertiary/aromatic N) is 4. The Balaban J connectivity index is 1.77. The summed E-state index contributed by atoms with van der Waals surface area (Å²) < 4.78 is 20.3. The number of ether oxygens (including phenoxy) is 1. The minimum absolute atomic E-state index is 0.0451. The van der Waals surface area contributed by atoms with E-state index in [-0.39, 0.29) is 11.4 Å². The predicted octanol–water partition coefficient (Wildman–Crippen LogP) is 3.55. The standard InChI is InChI=1S/C16H13FN6O2S/c1-9-19-14(25-16(24)21-13-3-4-23(2)22-13)15(26-9)20-12-6-10(8-18)5-11(17)7-12/h3-7,20H,1-2H3,(H,21,22,24). The van der Waals surface area contributed by atoms with Crippen molar-refractivity contribution in [1.82, 2.24) is 14.8 Å². The zero-order chi connectivity index (χ0) is 18.7. The van der Waals surface area contributed by atoms with Crippen molar-refractivity contribution in [2.75, 3.05) is 10.6 Å². The number of carbonyl (C=O) groups is 1. The maximum atomic E-state index is 13.6. The number of hydrogen-bond acceptors (Lipinski definition) is 7. The molecule has 0 saturated heterocycles. The predicted molar refractivity (Wildman–Crippen MR) is 94.1 cm³/mol. The molecule has 10 heteroatoms. The van der Waals surface area contributed by atoms with E-state index in [0.717, 1.165) is 6.07 Å². The smallest absolute Gasteiger partial charge is 0.388 e. The number of hydrogen-bond donors (Lipinski definition) is 2. The van der Waals surface area contributed by atoms with Crippen molar-refractivity contribution in [2.45, 2.75) is 6.92 Å². The number of aromatic nitrogens is 3. The highest BCUT2D eigenvalue weighted by atomic mass is 32.1. The molecule has 2 aromatic heterocycles. The normalized spacial score (nSPS) is 10.2. The fourth-order valence-electron chi connectivity index (χ4n) is 2.11. The van der Waals surface area contributed by atoms with E-state index in [1.54, 1.807) is 26.2 Å². The Morgan fingerprint density at radius 3 is 2.92 bits per heavy atom. The Labute approximate surface area is 151 Å². The molecule has 0 saturated carbocycles. The second-order valence-electron chi connectivity index (χ2n) is 5.22. The fraction of sp³-hybridized carbons (Fsp3) is 0.125. The maximum Gasteiger partial charge on any atom is 0.419 e. The average Bonchev–Trinajstić information content (AvgIpc) is 3.12. The molecule has 2 heterocycles. The van der Waals surface area contributed by atoms with Crippen LogP contribution in [-0.4, -0.2) is 20.9 Å². The third-order valence-corrected chi connectivity index (χ3v) is 3.99. The van der Waals surface area contributed by atoms with E-state index in [1.807, 2.05) is 6.07 Å². The van der Waals surface area contributed by atoms with Crippen LogP contribution in [0, 0.1) is 24.1 Å². The number of nitriles is 1. The van der Waals surface area contributed by atoms with Crippen LogP contribution in [0.2, 0.25) is 0 Å². The minimum Gasteiger partial charge on any atom is -0.388 e. The van der Waals surface area contributed by atoms with E-state index >= 15 is 0 Å². The van der Waals surface area contributed by atoms with E-state index in [1.165, 1.54) is 28.2 Å². The second kappa shape index (κ2) is 7.20. The number of anilines is 3. The highest BCUT2D eigenvalue weighted by Gasteiger charge is 2.16. The molecular formula is C16H13FN6O2S. The van der Waals surface area contributed by atoms with Crippen LogP contribution in [0.1, 0.15) is 10.6 Å². The number of carbonyl (C=O) groups excluding carboxylic acids is 1. The molecule has 0 atom stereocenters. The van der Waals surface area contributed by atoms with Gasteiger partial charge in [-0.3, -0.25) is 10.00 Å². The number of thiazole rings is 1. The van der Waals surface area contributed by atoms with Crippen LogP contribution >= 0.6 is 11.3 Å². The molecule has 26 heavy (non-hydrogen) atoms. The third kappa shape index (κ3) is 4.14. The SMILES string of the molecule is Cc1nc(OC(=O)Nc2ccn(C)n2)c(Nc2cc(F)cc(C#N)c2)s1. The molecule has 8 nitrogen and oxygen atoms in total. The summed E-state index contributed by atoms with van der Waals surface area (Å²) in [5.41, 5.74) is 0.518. The van der Waals surface area contributed by atoms with Crippen LogP contribution in [0.4, 0.5) is 25.7 Å². The summed E-state index contributed by atoms with van der Waals surface area (Å²) in [6.07, 6.45) is 0.917. The van der Waals surface area contributed by atoms with Gasteiger partial charge >= 0.3 is 6.09 Å². The average molecular weight is 372 g/mol. The number of halogens is 1. The van der Waals surface area contributed by atoms with Gasteiger partial charge in [-0.1, -0.05) is 11.3 Å². The van der Waals surface area contributed by atoms with Gasteiger partial charge in [-0.05, 0) is 25.1 Å². The molecule has 0 bridgehead atoms. The van der Waals surface area contributed by atoms with E-state index in [2.05, 4.69) is 20.7 Å². The van der Waals surface area contributed by atoms with Crippen LogP contribution in [-0.2, 0) is 7.05 Å². The van der Waals surface area contributed by atoms with Crippen LogP contribution < -0.4 is 15.4 Å². The van der Waals surface area contributed by atoms with Crippen molar-refractivity contribution >= 4 is 33.9 Å². The summed E-state index contributed by atoms with van der Waals surface area (Å²) in [7, 11) is 1.72. The largest absolute Gasteiger partial charge is 0.419 e. The quantitative estimate of drug-likeness (QED) is 0.726. The lowest BCUT2D eigenvalue weighted by Gasteiger charge is -2.07. The molecule has 0 aliphatic rings. The Morgan fingerprint density at radius 2 is 2.23 bits per heavy atom. The summed E-state index contributed by atoms with van der Waals surface area (Å²) in [6, 6.07) is 7.33. The third-order valence-electron chi connectivity index (χ3n) is 3.12. The van der Waals surface area contributed by atoms with Crippen molar-refractivity contribution < 1.29 is 13.9 Å². The maximum absolute atomic E-state index is 13.6. The first-order chi connectivity index (χ1) is 12.4. The van der Waals surface area contributed by atoms with E-state index in [4.69, 9.17) is 10.00 Å². The second-order valence-corrected chi connectivity index (χ2v) is 6.42.